The van der Waals surface area contributed by atoms with Gasteiger partial charge in [0.25, 0.3) is 5.91 Å². The second-order valence-electron chi connectivity index (χ2n) is 6.60. The van der Waals surface area contributed by atoms with Crippen molar-refractivity contribution in [3.63, 3.8) is 0 Å². The summed E-state index contributed by atoms with van der Waals surface area (Å²) in [5.74, 6) is 0.577. The van der Waals surface area contributed by atoms with Crippen LogP contribution in [-0.4, -0.2) is 23.8 Å². The predicted octanol–water partition coefficient (Wildman–Crippen LogP) is 4.48. The van der Waals surface area contributed by atoms with Crippen LogP contribution in [-0.2, 0) is 11.3 Å². The first-order chi connectivity index (χ1) is 13.7. The van der Waals surface area contributed by atoms with E-state index in [0.29, 0.717) is 12.2 Å². The fourth-order valence-corrected chi connectivity index (χ4v) is 4.27. The van der Waals surface area contributed by atoms with Gasteiger partial charge in [0.05, 0.1) is 19.6 Å². The second-order valence-corrected chi connectivity index (χ2v) is 7.58. The Balaban J connectivity index is 1.53. The fraction of sp³-hybridized carbons (Fsp3) is 0.182. The van der Waals surface area contributed by atoms with Gasteiger partial charge in [-0.05, 0) is 47.3 Å². The molecular weight excluding hydrogens is 372 g/mol. The molecule has 1 atom stereocenters. The predicted molar refractivity (Wildman–Crippen MR) is 110 cm³/mol. The summed E-state index contributed by atoms with van der Waals surface area (Å²) in [7, 11) is 1.60. The number of hydrogen-bond acceptors (Lipinski definition) is 4. The molecule has 0 saturated carbocycles. The highest BCUT2D eigenvalue weighted by molar-refractivity contribution is 7.10. The van der Waals surface area contributed by atoms with Crippen molar-refractivity contribution in [3.8, 4) is 5.75 Å². The van der Waals surface area contributed by atoms with Gasteiger partial charge in [-0.25, -0.2) is 0 Å². The molecule has 0 spiro atoms. The minimum Gasteiger partial charge on any atom is -0.497 e. The first-order valence-electron chi connectivity index (χ1n) is 9.02. The van der Waals surface area contributed by atoms with Crippen LogP contribution in [0.3, 0.4) is 0 Å². The van der Waals surface area contributed by atoms with Gasteiger partial charge >= 0.3 is 0 Å². The number of ether oxygens (including phenoxy) is 1. The van der Waals surface area contributed by atoms with Crippen LogP contribution >= 0.6 is 11.3 Å². The van der Waals surface area contributed by atoms with Crippen molar-refractivity contribution < 1.29 is 14.3 Å². The van der Waals surface area contributed by atoms with E-state index in [2.05, 4.69) is 5.32 Å². The molecule has 28 heavy (non-hydrogen) atoms. The Hall–Kier alpha value is -3.12. The summed E-state index contributed by atoms with van der Waals surface area (Å²) in [6.45, 7) is 0.521. The molecule has 0 radical (unpaired) electrons. The third-order valence-corrected chi connectivity index (χ3v) is 5.82. The van der Waals surface area contributed by atoms with E-state index in [-0.39, 0.29) is 24.3 Å². The summed E-state index contributed by atoms with van der Waals surface area (Å²) in [6, 6.07) is 18.5. The summed E-state index contributed by atoms with van der Waals surface area (Å²) in [5.41, 5.74) is 2.43. The molecule has 0 bridgehead atoms. The Morgan fingerprint density at radius 1 is 1.14 bits per heavy atom. The van der Waals surface area contributed by atoms with E-state index in [0.717, 1.165) is 21.8 Å². The number of rotatable bonds is 6. The van der Waals surface area contributed by atoms with Gasteiger partial charge in [-0.2, -0.15) is 0 Å². The highest BCUT2D eigenvalue weighted by Gasteiger charge is 2.34. The van der Waals surface area contributed by atoms with Gasteiger partial charge in [-0.1, -0.05) is 24.3 Å². The van der Waals surface area contributed by atoms with E-state index in [4.69, 9.17) is 4.74 Å². The van der Waals surface area contributed by atoms with E-state index in [9.17, 15) is 9.59 Å². The van der Waals surface area contributed by atoms with Crippen molar-refractivity contribution in [2.24, 2.45) is 0 Å². The molecule has 2 aromatic carbocycles. The van der Waals surface area contributed by atoms with E-state index >= 15 is 0 Å². The molecular formula is C22H20N2O3S. The van der Waals surface area contributed by atoms with Crippen LogP contribution in [0.2, 0.25) is 0 Å². The molecule has 1 aliphatic rings. The molecule has 2 heterocycles. The Bertz CT molecular complexity index is 983. The van der Waals surface area contributed by atoms with Gasteiger partial charge in [-0.3, -0.25) is 9.59 Å². The van der Waals surface area contributed by atoms with Crippen LogP contribution in [0.5, 0.6) is 5.75 Å². The summed E-state index contributed by atoms with van der Waals surface area (Å²) >= 11 is 1.56. The lowest BCUT2D eigenvalue weighted by molar-refractivity contribution is -0.117. The molecule has 142 valence electrons. The van der Waals surface area contributed by atoms with Crippen molar-refractivity contribution in [2.75, 3.05) is 12.4 Å². The average Bonchev–Trinajstić information content (AvgIpc) is 3.36. The Morgan fingerprint density at radius 3 is 2.61 bits per heavy atom. The molecule has 5 nitrogen and oxygen atoms in total. The lowest BCUT2D eigenvalue weighted by Crippen LogP contribution is -2.31. The monoisotopic (exact) mass is 392 g/mol. The number of nitrogens with one attached hydrogen (secondary N) is 1. The Kier molecular flexibility index (Phi) is 5.12. The molecule has 0 saturated heterocycles. The summed E-state index contributed by atoms with van der Waals surface area (Å²) in [6.07, 6.45) is 0.201. The molecule has 4 rings (SSSR count). The molecule has 1 N–H and O–H groups in total. The molecule has 0 fully saturated rings. The average molecular weight is 392 g/mol. The molecule has 1 unspecified atom stereocenters. The van der Waals surface area contributed by atoms with Crippen molar-refractivity contribution >= 4 is 28.8 Å². The Morgan fingerprint density at radius 2 is 1.93 bits per heavy atom. The number of anilines is 1. The Labute approximate surface area is 167 Å². The van der Waals surface area contributed by atoms with Gasteiger partial charge in [0.1, 0.15) is 5.75 Å². The second kappa shape index (κ2) is 7.86. The van der Waals surface area contributed by atoms with Crippen LogP contribution in [0, 0.1) is 0 Å². The third kappa shape index (κ3) is 3.64. The molecule has 0 aliphatic carbocycles. The lowest BCUT2D eigenvalue weighted by Gasteiger charge is -2.26. The first kappa shape index (κ1) is 18.3. The number of thiophene rings is 1. The minimum atomic E-state index is -0.293. The molecule has 2 amide bonds. The smallest absolute Gasteiger partial charge is 0.255 e. The number of methoxy groups -OCH3 is 1. The summed E-state index contributed by atoms with van der Waals surface area (Å²) in [5, 5.41) is 4.89. The zero-order valence-electron chi connectivity index (χ0n) is 15.4. The van der Waals surface area contributed by atoms with Gasteiger partial charge in [0, 0.05) is 22.7 Å². The quantitative estimate of drug-likeness (QED) is 0.673. The number of benzene rings is 2. The van der Waals surface area contributed by atoms with Crippen LogP contribution in [0.25, 0.3) is 0 Å². The van der Waals surface area contributed by atoms with Gasteiger partial charge in [0.2, 0.25) is 5.91 Å². The standard InChI is InChI=1S/C22H20N2O3S/c1-27-17-10-8-16(9-11-17)23-21(25)13-19(20-7-4-12-28-20)24-14-15-5-2-3-6-18(15)22(24)26/h2-12,19H,13-14H2,1H3,(H,23,25). The SMILES string of the molecule is COc1ccc(NC(=O)CC(c2cccs2)N2Cc3ccccc3C2=O)cc1. The number of nitrogens with zero attached hydrogens (tertiary/aromatic N) is 1. The fourth-order valence-electron chi connectivity index (χ4n) is 3.44. The van der Waals surface area contributed by atoms with Crippen molar-refractivity contribution in [3.05, 3.63) is 82.0 Å². The van der Waals surface area contributed by atoms with Gasteiger partial charge in [0.15, 0.2) is 0 Å². The molecule has 1 aromatic heterocycles. The maximum atomic E-state index is 12.9. The van der Waals surface area contributed by atoms with Crippen molar-refractivity contribution in [2.45, 2.75) is 19.0 Å². The number of carbonyl (C=O) groups excluding carboxylic acids is 2. The van der Waals surface area contributed by atoms with E-state index in [1.165, 1.54) is 0 Å². The van der Waals surface area contributed by atoms with Crippen molar-refractivity contribution in [1.29, 1.82) is 0 Å². The molecule has 6 heteroatoms. The normalized spacial score (nSPS) is 13.9. The van der Waals surface area contributed by atoms with E-state index in [1.54, 1.807) is 47.6 Å². The van der Waals surface area contributed by atoms with Crippen LogP contribution in [0.1, 0.15) is 33.3 Å². The van der Waals surface area contributed by atoms with Crippen LogP contribution in [0.15, 0.2) is 66.0 Å². The van der Waals surface area contributed by atoms with Crippen LogP contribution in [0.4, 0.5) is 5.69 Å². The molecule has 3 aromatic rings. The van der Waals surface area contributed by atoms with Crippen LogP contribution < -0.4 is 10.1 Å². The highest BCUT2D eigenvalue weighted by atomic mass is 32.1. The summed E-state index contributed by atoms with van der Waals surface area (Å²) in [4.78, 5) is 28.5. The topological polar surface area (TPSA) is 58.6 Å². The highest BCUT2D eigenvalue weighted by Crippen LogP contribution is 2.35. The van der Waals surface area contributed by atoms with Gasteiger partial charge in [-0.15, -0.1) is 11.3 Å². The first-order valence-corrected chi connectivity index (χ1v) is 9.90. The number of fused-ring (bicyclic) bond motifs is 1. The third-order valence-electron chi connectivity index (χ3n) is 4.85. The summed E-state index contributed by atoms with van der Waals surface area (Å²) < 4.78 is 5.14. The van der Waals surface area contributed by atoms with Gasteiger partial charge < -0.3 is 15.0 Å². The number of hydrogen-bond donors (Lipinski definition) is 1. The molecule has 1 aliphatic heterocycles. The minimum absolute atomic E-state index is 0.0220. The van der Waals surface area contributed by atoms with E-state index in [1.807, 2.05) is 41.8 Å². The maximum absolute atomic E-state index is 12.9. The largest absolute Gasteiger partial charge is 0.497 e. The maximum Gasteiger partial charge on any atom is 0.255 e. The lowest BCUT2D eigenvalue weighted by atomic mass is 10.1. The zero-order chi connectivity index (χ0) is 19.5. The zero-order valence-corrected chi connectivity index (χ0v) is 16.2. The van der Waals surface area contributed by atoms with E-state index < -0.39 is 0 Å². The number of carbonyl (C=O) groups is 2. The number of amides is 2. The van der Waals surface area contributed by atoms with Crippen molar-refractivity contribution in [1.82, 2.24) is 4.90 Å².